The summed E-state index contributed by atoms with van der Waals surface area (Å²) in [4.78, 5) is 24.0. The molecule has 0 unspecified atom stereocenters. The van der Waals surface area contributed by atoms with Crippen LogP contribution in [0.3, 0.4) is 0 Å². The minimum Gasteiger partial charge on any atom is -0.461 e. The summed E-state index contributed by atoms with van der Waals surface area (Å²) in [6, 6.07) is 9.67. The highest BCUT2D eigenvalue weighted by Crippen LogP contribution is 2.36. The van der Waals surface area contributed by atoms with Gasteiger partial charge in [-0.2, -0.15) is 0 Å². The van der Waals surface area contributed by atoms with Crippen LogP contribution >= 0.6 is 15.9 Å². The molecule has 0 bridgehead atoms. The number of ether oxygens (including phenoxy) is 3. The average Bonchev–Trinajstić information content (AvgIpc) is 2.96. The molecule has 6 nitrogen and oxygen atoms in total. The Balaban J connectivity index is 2.05. The van der Waals surface area contributed by atoms with Crippen molar-refractivity contribution in [2.75, 3.05) is 6.61 Å². The number of rotatable bonds is 9. The van der Waals surface area contributed by atoms with Crippen LogP contribution in [0.2, 0.25) is 0 Å². The monoisotopic (exact) mass is 440 g/mol. The third kappa shape index (κ3) is 5.40. The summed E-state index contributed by atoms with van der Waals surface area (Å²) in [5, 5.41) is 11.2. The van der Waals surface area contributed by atoms with Gasteiger partial charge in [-0.25, -0.2) is 4.79 Å². The highest BCUT2D eigenvalue weighted by atomic mass is 79.9. The molecule has 1 aromatic rings. The standard InChI is InChI=1S/C20H25BrO6/c1-13(2)26-19(23)20(24,16-11-14(3)27-18(16)22)17(21)9-10-25-12-15-7-5-4-6-8-15/h4-8,11,13,16-17,24H,9-10,12H2,1-3H3/t16-,17-,20+/m1/s1. The number of hydrogen-bond acceptors (Lipinski definition) is 6. The number of hydrogen-bond donors (Lipinski definition) is 1. The van der Waals surface area contributed by atoms with Crippen molar-refractivity contribution in [2.45, 2.75) is 50.3 Å². The average molecular weight is 441 g/mol. The Labute approximate surface area is 167 Å². The van der Waals surface area contributed by atoms with Crippen LogP contribution in [0.1, 0.15) is 32.8 Å². The molecule has 0 aliphatic carbocycles. The molecule has 1 aliphatic rings. The van der Waals surface area contributed by atoms with E-state index in [-0.39, 0.29) is 6.61 Å². The van der Waals surface area contributed by atoms with Crippen molar-refractivity contribution < 1.29 is 28.9 Å². The first-order chi connectivity index (χ1) is 12.7. The second-order valence-electron chi connectivity index (χ2n) is 6.75. The lowest BCUT2D eigenvalue weighted by atomic mass is 9.83. The van der Waals surface area contributed by atoms with Gasteiger partial charge in [0, 0.05) is 6.61 Å². The SMILES string of the molecule is CC1=C[C@@H]([C@@](O)(C(=O)OC(C)C)[C@H](Br)CCOCc2ccccc2)C(=O)O1. The smallest absolute Gasteiger partial charge is 0.340 e. The van der Waals surface area contributed by atoms with Crippen molar-refractivity contribution in [3.63, 3.8) is 0 Å². The van der Waals surface area contributed by atoms with Crippen LogP contribution in [0.15, 0.2) is 42.2 Å². The molecule has 1 aromatic carbocycles. The zero-order valence-electron chi connectivity index (χ0n) is 15.7. The summed E-state index contributed by atoms with van der Waals surface area (Å²) in [7, 11) is 0. The highest BCUT2D eigenvalue weighted by Gasteiger charge is 2.55. The molecule has 148 valence electrons. The second kappa shape index (κ2) is 9.48. The molecule has 0 fully saturated rings. The lowest BCUT2D eigenvalue weighted by Crippen LogP contribution is -2.55. The molecular formula is C20H25BrO6. The predicted molar refractivity (Wildman–Crippen MR) is 103 cm³/mol. The van der Waals surface area contributed by atoms with Crippen molar-refractivity contribution >= 4 is 27.9 Å². The number of carbonyl (C=O) groups is 2. The number of halogens is 1. The van der Waals surface area contributed by atoms with E-state index >= 15 is 0 Å². The fourth-order valence-electron chi connectivity index (χ4n) is 2.79. The van der Waals surface area contributed by atoms with Crippen molar-refractivity contribution in [3.05, 3.63) is 47.7 Å². The molecule has 27 heavy (non-hydrogen) atoms. The Bertz CT molecular complexity index is 687. The summed E-state index contributed by atoms with van der Waals surface area (Å²) in [6.07, 6.45) is 1.32. The van der Waals surface area contributed by atoms with Gasteiger partial charge in [-0.1, -0.05) is 46.3 Å². The van der Waals surface area contributed by atoms with Crippen molar-refractivity contribution in [1.82, 2.24) is 0 Å². The predicted octanol–water partition coefficient (Wildman–Crippen LogP) is 3.12. The largest absolute Gasteiger partial charge is 0.461 e. The van der Waals surface area contributed by atoms with Gasteiger partial charge < -0.3 is 19.3 Å². The molecule has 1 aliphatic heterocycles. The molecule has 7 heteroatoms. The van der Waals surface area contributed by atoms with E-state index in [1.165, 1.54) is 6.08 Å². The number of carbonyl (C=O) groups excluding carboxylic acids is 2. The van der Waals surface area contributed by atoms with Gasteiger partial charge in [0.25, 0.3) is 0 Å². The van der Waals surface area contributed by atoms with Gasteiger partial charge in [0.05, 0.1) is 17.5 Å². The maximum absolute atomic E-state index is 12.6. The minimum atomic E-state index is -2.09. The van der Waals surface area contributed by atoms with Gasteiger partial charge in [0.15, 0.2) is 5.60 Å². The second-order valence-corrected chi connectivity index (χ2v) is 7.86. The number of benzene rings is 1. The van der Waals surface area contributed by atoms with Gasteiger partial charge >= 0.3 is 11.9 Å². The van der Waals surface area contributed by atoms with E-state index in [2.05, 4.69) is 15.9 Å². The lowest BCUT2D eigenvalue weighted by molar-refractivity contribution is -0.178. The Morgan fingerprint density at radius 3 is 2.56 bits per heavy atom. The van der Waals surface area contributed by atoms with E-state index in [1.807, 2.05) is 30.3 Å². The molecule has 0 saturated carbocycles. The summed E-state index contributed by atoms with van der Waals surface area (Å²) in [6.45, 7) is 5.65. The van der Waals surface area contributed by atoms with Crippen molar-refractivity contribution in [3.8, 4) is 0 Å². The van der Waals surface area contributed by atoms with Crippen molar-refractivity contribution in [2.24, 2.45) is 5.92 Å². The number of aliphatic hydroxyl groups is 1. The first-order valence-electron chi connectivity index (χ1n) is 8.84. The molecule has 1 heterocycles. The van der Waals surface area contributed by atoms with Crippen LogP contribution in [0.25, 0.3) is 0 Å². The van der Waals surface area contributed by atoms with E-state index < -0.39 is 34.4 Å². The molecule has 1 N–H and O–H groups in total. The zero-order valence-corrected chi connectivity index (χ0v) is 17.3. The molecule has 0 amide bonds. The Morgan fingerprint density at radius 1 is 1.33 bits per heavy atom. The van der Waals surface area contributed by atoms with Crippen LogP contribution in [0.5, 0.6) is 0 Å². The summed E-state index contributed by atoms with van der Waals surface area (Å²) in [5.74, 6) is -2.33. The van der Waals surface area contributed by atoms with E-state index in [9.17, 15) is 14.7 Å². The number of allylic oxidation sites excluding steroid dienone is 1. The van der Waals surface area contributed by atoms with Crippen LogP contribution in [0, 0.1) is 5.92 Å². The van der Waals surface area contributed by atoms with E-state index in [0.29, 0.717) is 18.8 Å². The number of cyclic esters (lactones) is 1. The minimum absolute atomic E-state index is 0.284. The molecule has 0 aromatic heterocycles. The molecule has 3 atom stereocenters. The fourth-order valence-corrected chi connectivity index (χ4v) is 3.45. The summed E-state index contributed by atoms with van der Waals surface area (Å²) >= 11 is 3.37. The van der Waals surface area contributed by atoms with Crippen LogP contribution < -0.4 is 0 Å². The van der Waals surface area contributed by atoms with Crippen LogP contribution in [0.4, 0.5) is 0 Å². The Morgan fingerprint density at radius 2 is 2.00 bits per heavy atom. The third-order valence-electron chi connectivity index (χ3n) is 4.17. The number of alkyl halides is 1. The van der Waals surface area contributed by atoms with Gasteiger partial charge in [0.1, 0.15) is 11.7 Å². The third-order valence-corrected chi connectivity index (χ3v) is 5.32. The quantitative estimate of drug-likeness (QED) is 0.360. The lowest BCUT2D eigenvalue weighted by Gasteiger charge is -2.33. The number of esters is 2. The van der Waals surface area contributed by atoms with E-state index in [1.54, 1.807) is 20.8 Å². The van der Waals surface area contributed by atoms with E-state index in [0.717, 1.165) is 5.56 Å². The normalized spacial score (nSPS) is 20.0. The molecule has 0 spiro atoms. The molecular weight excluding hydrogens is 416 g/mol. The molecule has 0 saturated heterocycles. The zero-order chi connectivity index (χ0) is 20.0. The highest BCUT2D eigenvalue weighted by molar-refractivity contribution is 9.09. The van der Waals surface area contributed by atoms with Crippen LogP contribution in [-0.4, -0.2) is 40.2 Å². The van der Waals surface area contributed by atoms with Crippen LogP contribution in [-0.2, 0) is 30.4 Å². The van der Waals surface area contributed by atoms with Gasteiger partial charge in [-0.05, 0) is 38.8 Å². The van der Waals surface area contributed by atoms with Gasteiger partial charge in [-0.15, -0.1) is 0 Å². The first kappa shape index (κ1) is 21.6. The molecule has 2 rings (SSSR count). The molecule has 0 radical (unpaired) electrons. The maximum atomic E-state index is 12.6. The van der Waals surface area contributed by atoms with Gasteiger partial charge in [-0.3, -0.25) is 4.79 Å². The van der Waals surface area contributed by atoms with E-state index in [4.69, 9.17) is 14.2 Å². The Hall–Kier alpha value is -1.70. The first-order valence-corrected chi connectivity index (χ1v) is 9.76. The topological polar surface area (TPSA) is 82.1 Å². The Kier molecular flexibility index (Phi) is 7.59. The van der Waals surface area contributed by atoms with Crippen molar-refractivity contribution in [1.29, 1.82) is 0 Å². The summed E-state index contributed by atoms with van der Waals surface area (Å²) in [5.41, 5.74) is -1.06. The van der Waals surface area contributed by atoms with Gasteiger partial charge in [0.2, 0.25) is 0 Å². The fraction of sp³-hybridized carbons (Fsp3) is 0.500. The maximum Gasteiger partial charge on any atom is 0.340 e. The summed E-state index contributed by atoms with van der Waals surface area (Å²) < 4.78 is 15.9.